The summed E-state index contributed by atoms with van der Waals surface area (Å²) in [4.78, 5) is 7.39. The summed E-state index contributed by atoms with van der Waals surface area (Å²) in [6.45, 7) is 7.05. The van der Waals surface area contributed by atoms with Gasteiger partial charge in [-0.15, -0.1) is 11.3 Å². The van der Waals surface area contributed by atoms with Crippen LogP contribution in [0.3, 0.4) is 0 Å². The highest BCUT2D eigenvalue weighted by Crippen LogP contribution is 2.48. The number of thiophene rings is 1. The van der Waals surface area contributed by atoms with Gasteiger partial charge in [-0.2, -0.15) is 0 Å². The van der Waals surface area contributed by atoms with Crippen molar-refractivity contribution in [2.24, 2.45) is 10.4 Å². The Labute approximate surface area is 155 Å². The first-order valence-electron chi connectivity index (χ1n) is 9.57. The van der Waals surface area contributed by atoms with Crippen LogP contribution in [0.5, 0.6) is 0 Å². The third-order valence-electron chi connectivity index (χ3n) is 5.36. The van der Waals surface area contributed by atoms with Crippen molar-refractivity contribution in [2.45, 2.75) is 45.1 Å². The molecule has 3 rings (SSSR count). The molecule has 0 amide bonds. The third-order valence-corrected chi connectivity index (χ3v) is 6.29. The smallest absolute Gasteiger partial charge is 0.191 e. The SMILES string of the molecule is CCNC(=NCC1(CCOC)CC1)NC1CCN(c2cccs2)CC1. The zero-order valence-corrected chi connectivity index (χ0v) is 16.4. The van der Waals surface area contributed by atoms with E-state index in [2.05, 4.69) is 40.0 Å². The Morgan fingerprint density at radius 3 is 2.80 bits per heavy atom. The van der Waals surface area contributed by atoms with Gasteiger partial charge >= 0.3 is 0 Å². The molecule has 1 aliphatic heterocycles. The molecule has 0 aromatic carbocycles. The maximum atomic E-state index is 5.25. The highest BCUT2D eigenvalue weighted by Gasteiger charge is 2.41. The molecule has 5 nitrogen and oxygen atoms in total. The van der Waals surface area contributed by atoms with Gasteiger partial charge in [0, 0.05) is 45.9 Å². The lowest BCUT2D eigenvalue weighted by Crippen LogP contribution is -2.48. The van der Waals surface area contributed by atoms with Gasteiger partial charge in [-0.3, -0.25) is 4.99 Å². The van der Waals surface area contributed by atoms with Crippen LogP contribution in [-0.4, -0.2) is 51.9 Å². The van der Waals surface area contributed by atoms with Crippen LogP contribution in [0.2, 0.25) is 0 Å². The molecule has 0 atom stereocenters. The second-order valence-corrected chi connectivity index (χ2v) is 8.22. The van der Waals surface area contributed by atoms with E-state index in [1.54, 1.807) is 7.11 Å². The van der Waals surface area contributed by atoms with Gasteiger partial charge in [0.05, 0.1) is 5.00 Å². The van der Waals surface area contributed by atoms with Gasteiger partial charge in [-0.1, -0.05) is 0 Å². The van der Waals surface area contributed by atoms with Crippen LogP contribution in [0.25, 0.3) is 0 Å². The fraction of sp³-hybridized carbons (Fsp3) is 0.737. The number of aliphatic imine (C=N–C) groups is 1. The molecule has 2 heterocycles. The number of rotatable bonds is 8. The Balaban J connectivity index is 1.48. The quantitative estimate of drug-likeness (QED) is 0.550. The molecule has 0 radical (unpaired) electrons. The number of piperidine rings is 1. The summed E-state index contributed by atoms with van der Waals surface area (Å²) in [6.07, 6.45) is 6.04. The van der Waals surface area contributed by atoms with Gasteiger partial charge in [-0.25, -0.2) is 0 Å². The summed E-state index contributed by atoms with van der Waals surface area (Å²) < 4.78 is 5.25. The molecule has 2 fully saturated rings. The summed E-state index contributed by atoms with van der Waals surface area (Å²) in [7, 11) is 1.79. The van der Waals surface area contributed by atoms with Gasteiger partial charge in [0.1, 0.15) is 0 Å². The monoisotopic (exact) mass is 364 g/mol. The Bertz CT molecular complexity index is 534. The first-order valence-corrected chi connectivity index (χ1v) is 10.4. The lowest BCUT2D eigenvalue weighted by atomic mass is 10.0. The Kier molecular flexibility index (Phi) is 6.59. The molecule has 2 N–H and O–H groups in total. The molecular weight excluding hydrogens is 332 g/mol. The average Bonchev–Trinajstić information content (AvgIpc) is 3.19. The molecule has 1 saturated carbocycles. The number of guanidine groups is 1. The molecule has 25 heavy (non-hydrogen) atoms. The van der Waals surface area contributed by atoms with E-state index in [4.69, 9.17) is 9.73 Å². The van der Waals surface area contributed by atoms with Crippen molar-refractivity contribution >= 4 is 22.3 Å². The van der Waals surface area contributed by atoms with E-state index in [0.29, 0.717) is 11.5 Å². The highest BCUT2D eigenvalue weighted by atomic mass is 32.1. The van der Waals surface area contributed by atoms with Crippen LogP contribution in [0.4, 0.5) is 5.00 Å². The van der Waals surface area contributed by atoms with Gasteiger partial charge < -0.3 is 20.3 Å². The zero-order valence-electron chi connectivity index (χ0n) is 15.6. The van der Waals surface area contributed by atoms with Crippen molar-refractivity contribution < 1.29 is 4.74 Å². The van der Waals surface area contributed by atoms with Crippen LogP contribution in [-0.2, 0) is 4.74 Å². The van der Waals surface area contributed by atoms with Crippen molar-refractivity contribution in [1.29, 1.82) is 0 Å². The minimum Gasteiger partial charge on any atom is -0.385 e. The second-order valence-electron chi connectivity index (χ2n) is 7.29. The topological polar surface area (TPSA) is 48.9 Å². The number of nitrogens with one attached hydrogen (secondary N) is 2. The van der Waals surface area contributed by atoms with Crippen LogP contribution < -0.4 is 15.5 Å². The number of anilines is 1. The number of nitrogens with zero attached hydrogens (tertiary/aromatic N) is 2. The summed E-state index contributed by atoms with van der Waals surface area (Å²) >= 11 is 1.84. The average molecular weight is 365 g/mol. The molecular formula is C19H32N4OS. The predicted molar refractivity (Wildman–Crippen MR) is 107 cm³/mol. The molecule has 1 aliphatic carbocycles. The number of hydrogen-bond acceptors (Lipinski definition) is 4. The summed E-state index contributed by atoms with van der Waals surface area (Å²) in [5.74, 6) is 0.987. The van der Waals surface area contributed by atoms with E-state index in [-0.39, 0.29) is 0 Å². The van der Waals surface area contributed by atoms with Crippen LogP contribution in [0.15, 0.2) is 22.5 Å². The Morgan fingerprint density at radius 2 is 2.20 bits per heavy atom. The van der Waals surface area contributed by atoms with Crippen LogP contribution in [0, 0.1) is 5.41 Å². The van der Waals surface area contributed by atoms with Crippen molar-refractivity contribution in [3.8, 4) is 0 Å². The summed E-state index contributed by atoms with van der Waals surface area (Å²) in [5.41, 5.74) is 0.404. The lowest BCUT2D eigenvalue weighted by Gasteiger charge is -2.33. The first kappa shape index (κ1) is 18.5. The maximum Gasteiger partial charge on any atom is 0.191 e. The van der Waals surface area contributed by atoms with E-state index in [1.165, 1.54) is 17.8 Å². The van der Waals surface area contributed by atoms with Crippen molar-refractivity contribution in [3.05, 3.63) is 17.5 Å². The molecule has 0 spiro atoms. The Morgan fingerprint density at radius 1 is 1.40 bits per heavy atom. The molecule has 6 heteroatoms. The molecule has 140 valence electrons. The van der Waals surface area contributed by atoms with Crippen LogP contribution >= 0.6 is 11.3 Å². The summed E-state index contributed by atoms with van der Waals surface area (Å²) in [5, 5.41) is 10.6. The second kappa shape index (κ2) is 8.90. The van der Waals surface area contributed by atoms with Crippen molar-refractivity contribution in [3.63, 3.8) is 0 Å². The molecule has 2 aliphatic rings. The largest absolute Gasteiger partial charge is 0.385 e. The predicted octanol–water partition coefficient (Wildman–Crippen LogP) is 3.09. The molecule has 1 aromatic rings. The maximum absolute atomic E-state index is 5.25. The van der Waals surface area contributed by atoms with Crippen molar-refractivity contribution in [1.82, 2.24) is 10.6 Å². The molecule has 0 bridgehead atoms. The van der Waals surface area contributed by atoms with Crippen molar-refractivity contribution in [2.75, 3.05) is 44.8 Å². The number of hydrogen-bond donors (Lipinski definition) is 2. The lowest BCUT2D eigenvalue weighted by molar-refractivity contribution is 0.174. The van der Waals surface area contributed by atoms with Gasteiger partial charge in [0.25, 0.3) is 0 Å². The molecule has 1 saturated heterocycles. The number of ether oxygens (including phenoxy) is 1. The Hall–Kier alpha value is -1.27. The normalized spacial score (nSPS) is 20.6. The van der Waals surface area contributed by atoms with Crippen LogP contribution in [0.1, 0.15) is 39.0 Å². The fourth-order valence-electron chi connectivity index (χ4n) is 3.44. The van der Waals surface area contributed by atoms with E-state index in [1.807, 2.05) is 11.3 Å². The van der Waals surface area contributed by atoms with E-state index in [9.17, 15) is 0 Å². The minimum atomic E-state index is 0.404. The number of methoxy groups -OCH3 is 1. The zero-order chi connectivity index (χ0) is 17.5. The van der Waals surface area contributed by atoms with E-state index in [0.717, 1.165) is 58.0 Å². The summed E-state index contributed by atoms with van der Waals surface area (Å²) in [6, 6.07) is 4.87. The third kappa shape index (κ3) is 5.35. The molecule has 0 unspecified atom stereocenters. The van der Waals surface area contributed by atoms with Gasteiger partial charge in [0.15, 0.2) is 5.96 Å². The van der Waals surface area contributed by atoms with E-state index >= 15 is 0 Å². The molecule has 1 aromatic heterocycles. The minimum absolute atomic E-state index is 0.404. The first-order chi connectivity index (χ1) is 12.2. The van der Waals surface area contributed by atoms with E-state index < -0.39 is 0 Å². The fourth-order valence-corrected chi connectivity index (χ4v) is 4.22. The van der Waals surface area contributed by atoms with Gasteiger partial charge in [-0.05, 0) is 62.0 Å². The highest BCUT2D eigenvalue weighted by molar-refractivity contribution is 7.14. The standard InChI is InChI=1S/C19H32N4OS/c1-3-20-18(21-15-19(8-9-19)10-13-24-2)22-16-6-11-23(12-7-16)17-5-4-14-25-17/h4-5,14,16H,3,6-13,15H2,1-2H3,(H2,20,21,22). The van der Waals surface area contributed by atoms with Gasteiger partial charge in [0.2, 0.25) is 0 Å².